The normalized spacial score (nSPS) is 14.5. The number of hydrogen-bond donors (Lipinski definition) is 0. The van der Waals surface area contributed by atoms with Gasteiger partial charge in [0.15, 0.2) is 0 Å². The van der Waals surface area contributed by atoms with Crippen molar-refractivity contribution in [2.75, 3.05) is 0 Å². The van der Waals surface area contributed by atoms with E-state index in [4.69, 9.17) is 21.3 Å². The van der Waals surface area contributed by atoms with Gasteiger partial charge in [0.1, 0.15) is 24.0 Å². The highest BCUT2D eigenvalue weighted by molar-refractivity contribution is 9.10. The zero-order valence-electron chi connectivity index (χ0n) is 19.8. The average Bonchev–Trinajstić information content (AvgIpc) is 2.89. The molecule has 5 rings (SSSR count). The van der Waals surface area contributed by atoms with Gasteiger partial charge >= 0.3 is 0 Å². The maximum Gasteiger partial charge on any atom is 0.282 e. The number of hydrogen-bond acceptors (Lipinski definition) is 4. The molecule has 1 saturated carbocycles. The predicted octanol–water partition coefficient (Wildman–Crippen LogP) is 8.22. The first kappa shape index (κ1) is 26.1. The molecule has 0 spiro atoms. The average molecular weight is 648 g/mol. The maximum absolute atomic E-state index is 14.2. The number of aromatic nitrogens is 2. The first-order valence-electron chi connectivity index (χ1n) is 12.0. The zero-order chi connectivity index (χ0) is 25.9. The summed E-state index contributed by atoms with van der Waals surface area (Å²) in [5.41, 5.74) is 1.39. The van der Waals surface area contributed by atoms with Gasteiger partial charge in [0, 0.05) is 26.5 Å². The second-order valence-electron chi connectivity index (χ2n) is 9.01. The molecule has 4 aromatic rings. The molecule has 3 aromatic carbocycles. The molecule has 1 aliphatic carbocycles. The van der Waals surface area contributed by atoms with Crippen LogP contribution in [-0.4, -0.2) is 15.9 Å². The minimum absolute atomic E-state index is 0.0204. The second kappa shape index (κ2) is 11.5. The Labute approximate surface area is 235 Å². The first-order valence-corrected chi connectivity index (χ1v) is 14.0. The summed E-state index contributed by atoms with van der Waals surface area (Å²) in [7, 11) is 0. The molecular formula is C28H23Br2ClFN3O2. The van der Waals surface area contributed by atoms with E-state index in [2.05, 4.69) is 37.0 Å². The molecule has 9 heteroatoms. The van der Waals surface area contributed by atoms with E-state index < -0.39 is 0 Å². The standard InChI is InChI=1S/C28H23Br2ClFN3O2/c29-20-10-11-25-22(13-20)28(36)35(27(34-25)17-6-2-1-3-7-17)33-15-19-12-21(31)14-23(30)26(19)37-16-18-8-4-5-9-24(18)32/h4-5,8-15,17H,1-3,6-7,16H2. The van der Waals surface area contributed by atoms with Gasteiger partial charge in [-0.25, -0.2) is 9.37 Å². The summed E-state index contributed by atoms with van der Waals surface area (Å²) in [5.74, 6) is 0.903. The molecule has 0 radical (unpaired) electrons. The van der Waals surface area contributed by atoms with Gasteiger partial charge in [-0.1, -0.05) is 65.0 Å². The highest BCUT2D eigenvalue weighted by Crippen LogP contribution is 2.34. The van der Waals surface area contributed by atoms with Crippen molar-refractivity contribution < 1.29 is 9.13 Å². The van der Waals surface area contributed by atoms with Crippen LogP contribution in [0.25, 0.3) is 10.9 Å². The lowest BCUT2D eigenvalue weighted by Crippen LogP contribution is -2.25. The van der Waals surface area contributed by atoms with Gasteiger partial charge in [0.05, 0.1) is 21.6 Å². The second-order valence-corrected chi connectivity index (χ2v) is 11.2. The quantitative estimate of drug-likeness (QED) is 0.198. The number of ether oxygens (including phenoxy) is 1. The van der Waals surface area contributed by atoms with Gasteiger partial charge in [-0.05, 0) is 65.2 Å². The van der Waals surface area contributed by atoms with Crippen LogP contribution in [0.3, 0.4) is 0 Å². The van der Waals surface area contributed by atoms with Crippen LogP contribution in [0.4, 0.5) is 4.39 Å². The van der Waals surface area contributed by atoms with Crippen LogP contribution in [0.15, 0.2) is 73.4 Å². The Morgan fingerprint density at radius 1 is 1.11 bits per heavy atom. The molecule has 0 N–H and O–H groups in total. The summed E-state index contributed by atoms with van der Waals surface area (Å²) >= 11 is 13.3. The van der Waals surface area contributed by atoms with E-state index in [9.17, 15) is 9.18 Å². The number of benzene rings is 3. The van der Waals surface area contributed by atoms with E-state index in [1.165, 1.54) is 17.2 Å². The Morgan fingerprint density at radius 3 is 2.68 bits per heavy atom. The van der Waals surface area contributed by atoms with Gasteiger partial charge in [-0.2, -0.15) is 9.78 Å². The summed E-state index contributed by atoms with van der Waals surface area (Å²) in [6.45, 7) is 0.0204. The van der Waals surface area contributed by atoms with Crippen LogP contribution in [-0.2, 0) is 6.61 Å². The number of rotatable bonds is 6. The topological polar surface area (TPSA) is 56.5 Å². The van der Waals surface area contributed by atoms with Gasteiger partial charge in [-0.15, -0.1) is 0 Å². The zero-order valence-corrected chi connectivity index (χ0v) is 23.7. The molecule has 1 aromatic heterocycles. The Hall–Kier alpha value is -2.55. The molecule has 190 valence electrons. The third-order valence-corrected chi connectivity index (χ3v) is 7.78. The van der Waals surface area contributed by atoms with E-state index in [1.54, 1.807) is 42.6 Å². The van der Waals surface area contributed by atoms with E-state index in [-0.39, 0.29) is 23.9 Å². The van der Waals surface area contributed by atoms with Crippen molar-refractivity contribution in [1.29, 1.82) is 0 Å². The summed E-state index contributed by atoms with van der Waals surface area (Å²) in [4.78, 5) is 18.5. The van der Waals surface area contributed by atoms with Crippen LogP contribution in [0.5, 0.6) is 5.75 Å². The number of fused-ring (bicyclic) bond motifs is 1. The monoisotopic (exact) mass is 645 g/mol. The Balaban J connectivity index is 1.58. The molecule has 0 bridgehead atoms. The molecule has 0 saturated heterocycles. The van der Waals surface area contributed by atoms with Crippen molar-refractivity contribution in [1.82, 2.24) is 9.66 Å². The fourth-order valence-corrected chi connectivity index (χ4v) is 5.93. The summed E-state index contributed by atoms with van der Waals surface area (Å²) in [6, 6.07) is 15.3. The fourth-order valence-electron chi connectivity index (χ4n) is 4.62. The van der Waals surface area contributed by atoms with E-state index >= 15 is 0 Å². The molecule has 5 nitrogen and oxygen atoms in total. The van der Waals surface area contributed by atoms with E-state index in [1.807, 2.05) is 12.1 Å². The fraction of sp³-hybridized carbons (Fsp3) is 0.250. The van der Waals surface area contributed by atoms with E-state index in [0.717, 1.165) is 30.2 Å². The summed E-state index contributed by atoms with van der Waals surface area (Å²) in [6.07, 6.45) is 6.85. The molecule has 0 amide bonds. The largest absolute Gasteiger partial charge is 0.487 e. The van der Waals surface area contributed by atoms with Crippen LogP contribution >= 0.6 is 43.5 Å². The van der Waals surface area contributed by atoms with Crippen molar-refractivity contribution >= 4 is 60.6 Å². The smallest absolute Gasteiger partial charge is 0.282 e. The molecule has 1 aliphatic rings. The van der Waals surface area contributed by atoms with Crippen molar-refractivity contribution in [3.63, 3.8) is 0 Å². The lowest BCUT2D eigenvalue weighted by atomic mass is 9.88. The number of nitrogens with zero attached hydrogens (tertiary/aromatic N) is 3. The molecule has 1 heterocycles. The van der Waals surface area contributed by atoms with Gasteiger partial charge in [0.2, 0.25) is 0 Å². The third kappa shape index (κ3) is 5.81. The molecule has 37 heavy (non-hydrogen) atoms. The van der Waals surface area contributed by atoms with Crippen LogP contribution in [0.1, 0.15) is 55.0 Å². The molecule has 0 aliphatic heterocycles. The molecule has 0 unspecified atom stereocenters. The number of halogens is 4. The summed E-state index contributed by atoms with van der Waals surface area (Å²) < 4.78 is 22.9. The molecule has 0 atom stereocenters. The molecule has 1 fully saturated rings. The predicted molar refractivity (Wildman–Crippen MR) is 152 cm³/mol. The van der Waals surface area contributed by atoms with Crippen LogP contribution in [0.2, 0.25) is 5.02 Å². The highest BCUT2D eigenvalue weighted by atomic mass is 79.9. The molecular weight excluding hydrogens is 625 g/mol. The van der Waals surface area contributed by atoms with Gasteiger partial charge in [0.25, 0.3) is 5.56 Å². The lowest BCUT2D eigenvalue weighted by Gasteiger charge is -2.22. The van der Waals surface area contributed by atoms with Crippen LogP contribution < -0.4 is 10.3 Å². The van der Waals surface area contributed by atoms with Crippen molar-refractivity contribution in [2.24, 2.45) is 5.10 Å². The Bertz CT molecular complexity index is 1550. The highest BCUT2D eigenvalue weighted by Gasteiger charge is 2.23. The third-order valence-electron chi connectivity index (χ3n) is 6.48. The van der Waals surface area contributed by atoms with Gasteiger partial charge < -0.3 is 4.74 Å². The lowest BCUT2D eigenvalue weighted by molar-refractivity contribution is 0.297. The van der Waals surface area contributed by atoms with Crippen molar-refractivity contribution in [3.05, 3.63) is 102 Å². The summed E-state index contributed by atoms with van der Waals surface area (Å²) in [5, 5.41) is 5.56. The van der Waals surface area contributed by atoms with Crippen LogP contribution in [0, 0.1) is 5.82 Å². The van der Waals surface area contributed by atoms with Gasteiger partial charge in [-0.3, -0.25) is 4.79 Å². The minimum atomic E-state index is -0.347. The minimum Gasteiger partial charge on any atom is -0.487 e. The van der Waals surface area contributed by atoms with E-state index in [0.29, 0.717) is 43.1 Å². The van der Waals surface area contributed by atoms with Crippen molar-refractivity contribution in [3.8, 4) is 5.75 Å². The first-order chi connectivity index (χ1) is 17.9. The Kier molecular flexibility index (Phi) is 8.07. The SMILES string of the molecule is O=c1c2cc(Br)ccc2nc(C2CCCCC2)n1N=Cc1cc(Cl)cc(Br)c1OCc1ccccc1F. The Morgan fingerprint density at radius 2 is 1.89 bits per heavy atom. The maximum atomic E-state index is 14.2. The van der Waals surface area contributed by atoms with Crippen molar-refractivity contribution in [2.45, 2.75) is 44.6 Å².